The van der Waals surface area contributed by atoms with Crippen LogP contribution in [0.1, 0.15) is 71.3 Å². The number of fused-ring (bicyclic) bond motifs is 2. The summed E-state index contributed by atoms with van der Waals surface area (Å²) in [5, 5.41) is 10.5. The number of urea groups is 1. The topological polar surface area (TPSA) is 44.7 Å². The van der Waals surface area contributed by atoms with Gasteiger partial charge < -0.3 is 5.32 Å². The van der Waals surface area contributed by atoms with Gasteiger partial charge in [-0.05, 0) is 66.5 Å². The van der Waals surface area contributed by atoms with Crippen molar-refractivity contribution in [2.24, 2.45) is 28.3 Å². The van der Waals surface area contributed by atoms with Gasteiger partial charge in [-0.25, -0.2) is 9.80 Å². The van der Waals surface area contributed by atoms with Gasteiger partial charge in [0, 0.05) is 22.7 Å². The maximum atomic E-state index is 13.1. The molecule has 1 unspecified atom stereocenters. The first-order valence-electron chi connectivity index (χ1n) is 11.2. The van der Waals surface area contributed by atoms with Gasteiger partial charge in [0.05, 0.1) is 6.54 Å². The number of benzene rings is 1. The number of amides is 2. The lowest BCUT2D eigenvalue weighted by molar-refractivity contribution is -0.113. The fourth-order valence-electron chi connectivity index (χ4n) is 5.82. The first kappa shape index (κ1) is 20.7. The molecule has 4 nitrogen and oxygen atoms in total. The molecule has 0 aromatic heterocycles. The Labute approximate surface area is 180 Å². The van der Waals surface area contributed by atoms with E-state index in [0.717, 1.165) is 48.3 Å². The molecule has 5 rings (SSSR count). The van der Waals surface area contributed by atoms with Crippen molar-refractivity contribution < 1.29 is 4.79 Å². The third-order valence-corrected chi connectivity index (χ3v) is 8.22. The molecule has 5 atom stereocenters. The summed E-state index contributed by atoms with van der Waals surface area (Å²) in [6, 6.07) is 8.21. The smallest absolute Gasteiger partial charge is 0.333 e. The van der Waals surface area contributed by atoms with Crippen LogP contribution in [0.3, 0.4) is 0 Å². The zero-order valence-electron chi connectivity index (χ0n) is 18.1. The molecule has 1 aromatic rings. The first-order valence-corrected chi connectivity index (χ1v) is 11.6. The average molecular weight is 416 g/mol. The van der Waals surface area contributed by atoms with Crippen LogP contribution in [0.2, 0.25) is 5.02 Å². The van der Waals surface area contributed by atoms with Crippen molar-refractivity contribution in [3.8, 4) is 0 Å². The van der Waals surface area contributed by atoms with Crippen LogP contribution in [0.25, 0.3) is 0 Å². The summed E-state index contributed by atoms with van der Waals surface area (Å²) in [6.07, 6.45) is 5.57. The second-order valence-corrected chi connectivity index (χ2v) is 10.3. The summed E-state index contributed by atoms with van der Waals surface area (Å²) in [7, 11) is 0. The third kappa shape index (κ3) is 3.81. The van der Waals surface area contributed by atoms with Gasteiger partial charge in [0.1, 0.15) is 0 Å². The van der Waals surface area contributed by atoms with E-state index in [1.807, 2.05) is 12.1 Å². The van der Waals surface area contributed by atoms with Gasteiger partial charge in [0.2, 0.25) is 0 Å². The lowest BCUT2D eigenvalue weighted by atomic mass is 9.45. The van der Waals surface area contributed by atoms with Gasteiger partial charge >= 0.3 is 6.03 Å². The molecule has 3 saturated carbocycles. The van der Waals surface area contributed by atoms with Crippen molar-refractivity contribution in [3.63, 3.8) is 0 Å². The van der Waals surface area contributed by atoms with E-state index in [2.05, 4.69) is 45.1 Å². The van der Waals surface area contributed by atoms with Crippen LogP contribution in [-0.2, 0) is 0 Å². The SMILES string of the molecule is CCCCC1=NN(C(=O)N[C@@H]2C[C@H]3C[C@H]([C@@H]2C)C3(C)C)CC1c1ccc(Cl)cc1. The van der Waals surface area contributed by atoms with Gasteiger partial charge in [-0.15, -0.1) is 0 Å². The number of hydrogen-bond acceptors (Lipinski definition) is 2. The molecule has 0 saturated heterocycles. The minimum absolute atomic E-state index is 0.0357. The molecular weight excluding hydrogens is 382 g/mol. The maximum absolute atomic E-state index is 13.1. The van der Waals surface area contributed by atoms with E-state index in [1.165, 1.54) is 12.0 Å². The summed E-state index contributed by atoms with van der Waals surface area (Å²) in [5.41, 5.74) is 2.73. The summed E-state index contributed by atoms with van der Waals surface area (Å²) < 4.78 is 0. The van der Waals surface area contributed by atoms with E-state index >= 15 is 0 Å². The fourth-order valence-corrected chi connectivity index (χ4v) is 5.95. The molecule has 1 heterocycles. The number of unbranched alkanes of at least 4 members (excludes halogenated alkanes) is 1. The summed E-state index contributed by atoms with van der Waals surface area (Å²) in [5.74, 6) is 2.14. The number of halogens is 1. The summed E-state index contributed by atoms with van der Waals surface area (Å²) >= 11 is 6.07. The standard InChI is InChI=1S/C24H34ClN3O/c1-5-6-7-21-19(16-8-10-18(25)11-9-16)14-28(27-21)23(29)26-22-13-17-12-20(15(22)2)24(17,3)4/h8-11,15,17,19-20,22H,5-7,12-14H2,1-4H3,(H,26,29)/t15-,17+,19?,20+,22+/m0/s1. The minimum Gasteiger partial charge on any atom is -0.333 e. The van der Waals surface area contributed by atoms with Crippen molar-refractivity contribution in [2.75, 3.05) is 6.54 Å². The lowest BCUT2D eigenvalue weighted by Crippen LogP contribution is -2.61. The Balaban J connectivity index is 1.44. The monoisotopic (exact) mass is 415 g/mol. The Morgan fingerprint density at radius 3 is 2.62 bits per heavy atom. The molecule has 29 heavy (non-hydrogen) atoms. The van der Waals surface area contributed by atoms with Crippen LogP contribution in [-0.4, -0.2) is 29.3 Å². The Morgan fingerprint density at radius 2 is 2.00 bits per heavy atom. The second-order valence-electron chi connectivity index (χ2n) is 9.89. The lowest BCUT2D eigenvalue weighted by Gasteiger charge is -2.62. The van der Waals surface area contributed by atoms with Crippen molar-refractivity contribution in [1.29, 1.82) is 0 Å². The maximum Gasteiger partial charge on any atom is 0.338 e. The molecule has 4 aliphatic rings. The highest BCUT2D eigenvalue weighted by Gasteiger charge is 2.56. The molecule has 5 heteroatoms. The zero-order valence-corrected chi connectivity index (χ0v) is 18.9. The van der Waals surface area contributed by atoms with E-state index in [4.69, 9.17) is 16.7 Å². The molecular formula is C24H34ClN3O. The first-order chi connectivity index (χ1) is 13.8. The number of carbonyl (C=O) groups is 1. The van der Waals surface area contributed by atoms with E-state index in [-0.39, 0.29) is 18.0 Å². The van der Waals surface area contributed by atoms with E-state index in [1.54, 1.807) is 5.01 Å². The molecule has 0 radical (unpaired) electrons. The number of hydrazone groups is 1. The second kappa shape index (κ2) is 7.94. The molecule has 3 fully saturated rings. The summed E-state index contributed by atoms with van der Waals surface area (Å²) in [4.78, 5) is 13.1. The number of nitrogens with zero attached hydrogens (tertiary/aromatic N) is 2. The van der Waals surface area contributed by atoms with Gasteiger partial charge in [-0.2, -0.15) is 5.10 Å². The van der Waals surface area contributed by atoms with Crippen LogP contribution in [0.15, 0.2) is 29.4 Å². The Bertz CT molecular complexity index is 788. The van der Waals surface area contributed by atoms with Crippen LogP contribution in [0.5, 0.6) is 0 Å². The molecule has 1 aromatic carbocycles. The number of hydrogen-bond donors (Lipinski definition) is 1. The predicted molar refractivity (Wildman–Crippen MR) is 119 cm³/mol. The molecule has 3 aliphatic carbocycles. The summed E-state index contributed by atoms with van der Waals surface area (Å²) in [6.45, 7) is 9.90. The van der Waals surface area contributed by atoms with Gasteiger partial charge in [0.15, 0.2) is 0 Å². The Kier molecular flexibility index (Phi) is 5.67. The normalized spacial score (nSPS) is 32.5. The highest BCUT2D eigenvalue weighted by Crippen LogP contribution is 2.61. The Morgan fingerprint density at radius 1 is 1.28 bits per heavy atom. The van der Waals surface area contributed by atoms with Crippen molar-refractivity contribution in [3.05, 3.63) is 34.9 Å². The van der Waals surface area contributed by atoms with Gasteiger partial charge in [-0.3, -0.25) is 0 Å². The number of rotatable bonds is 5. The van der Waals surface area contributed by atoms with E-state index in [9.17, 15) is 4.79 Å². The van der Waals surface area contributed by atoms with Crippen molar-refractivity contribution >= 4 is 23.3 Å². The van der Waals surface area contributed by atoms with Crippen LogP contribution >= 0.6 is 11.6 Å². The largest absolute Gasteiger partial charge is 0.338 e. The fraction of sp³-hybridized carbons (Fsp3) is 0.667. The highest BCUT2D eigenvalue weighted by molar-refractivity contribution is 6.30. The zero-order chi connectivity index (χ0) is 20.8. The van der Waals surface area contributed by atoms with Gasteiger partial charge in [-0.1, -0.05) is 57.8 Å². The van der Waals surface area contributed by atoms with Crippen LogP contribution in [0.4, 0.5) is 4.79 Å². The van der Waals surface area contributed by atoms with E-state index < -0.39 is 0 Å². The molecule has 1 aliphatic heterocycles. The average Bonchev–Trinajstić information content (AvgIpc) is 3.12. The molecule has 1 N–H and O–H groups in total. The Hall–Kier alpha value is -1.55. The quantitative estimate of drug-likeness (QED) is 0.623. The predicted octanol–water partition coefficient (Wildman–Crippen LogP) is 6.07. The molecule has 158 valence electrons. The van der Waals surface area contributed by atoms with Crippen molar-refractivity contribution in [2.45, 2.75) is 71.8 Å². The van der Waals surface area contributed by atoms with Crippen LogP contribution in [0, 0.1) is 23.2 Å². The molecule has 0 spiro atoms. The van der Waals surface area contributed by atoms with Crippen molar-refractivity contribution in [1.82, 2.24) is 10.3 Å². The molecule has 2 bridgehead atoms. The number of nitrogens with one attached hydrogen (secondary N) is 1. The van der Waals surface area contributed by atoms with E-state index in [0.29, 0.717) is 17.9 Å². The number of carbonyl (C=O) groups excluding carboxylic acids is 1. The minimum atomic E-state index is -0.0357. The highest BCUT2D eigenvalue weighted by atomic mass is 35.5. The van der Waals surface area contributed by atoms with Crippen LogP contribution < -0.4 is 5.32 Å². The third-order valence-electron chi connectivity index (χ3n) is 7.96. The molecule has 2 amide bonds. The van der Waals surface area contributed by atoms with Gasteiger partial charge in [0.25, 0.3) is 0 Å².